The fourth-order valence-corrected chi connectivity index (χ4v) is 1.88. The maximum absolute atomic E-state index is 10.7. The number of aliphatic carboxylic acids is 1. The second-order valence-corrected chi connectivity index (χ2v) is 6.43. The van der Waals surface area contributed by atoms with E-state index in [4.69, 9.17) is 24.1 Å². The molecule has 0 rings (SSSR count). The first-order chi connectivity index (χ1) is 10.5. The Hall–Kier alpha value is 0. The van der Waals surface area contributed by atoms with Gasteiger partial charge in [-0.25, -0.2) is 4.79 Å². The lowest BCUT2D eigenvalue weighted by atomic mass is 10.4. The Balaban J connectivity index is 3.22. The van der Waals surface area contributed by atoms with Crippen molar-refractivity contribution in [3.8, 4) is 0 Å². The van der Waals surface area contributed by atoms with E-state index in [1.807, 2.05) is 14.1 Å². The Kier molecular flexibility index (Phi) is 14.6. The minimum atomic E-state index is -0.798. The van der Waals surface area contributed by atoms with Crippen LogP contribution in [0.4, 0.5) is 0 Å². The predicted octanol–water partition coefficient (Wildman–Crippen LogP) is 0.649. The molecule has 0 spiro atoms. The zero-order valence-electron chi connectivity index (χ0n) is 13.6. The highest BCUT2D eigenvalue weighted by Crippen LogP contribution is 1.96. The van der Waals surface area contributed by atoms with Crippen LogP contribution in [0.3, 0.4) is 0 Å². The summed E-state index contributed by atoms with van der Waals surface area (Å²) < 4.78 is 22.8. The Bertz CT molecular complexity index is 278. The number of carboxylic acids is 1. The molecule has 0 saturated carbocycles. The minimum Gasteiger partial charge on any atom is -0.477 e. The van der Waals surface area contributed by atoms with E-state index in [0.717, 1.165) is 11.0 Å². The van der Waals surface area contributed by atoms with Gasteiger partial charge in [0.05, 0.1) is 67.0 Å². The van der Waals surface area contributed by atoms with E-state index in [9.17, 15) is 4.79 Å². The van der Waals surface area contributed by atoms with Crippen LogP contribution in [0.1, 0.15) is 0 Å². The van der Waals surface area contributed by atoms with E-state index in [0.29, 0.717) is 57.3 Å². The number of likely N-dealkylation sites (N-methyl/N-ethyl adjacent to an activating group) is 1. The van der Waals surface area contributed by atoms with Crippen molar-refractivity contribution in [2.45, 2.75) is 0 Å². The number of quaternary nitrogens is 1. The van der Waals surface area contributed by atoms with Crippen molar-refractivity contribution in [1.29, 1.82) is 0 Å². The van der Waals surface area contributed by atoms with Gasteiger partial charge in [0.1, 0.15) is 6.54 Å². The molecule has 0 aromatic rings. The molecule has 0 radical (unpaired) electrons. The number of hydrogen-bond acceptors (Lipinski definition) is 5. The summed E-state index contributed by atoms with van der Waals surface area (Å²) in [5.74, 6) is -0.798. The summed E-state index contributed by atoms with van der Waals surface area (Å²) in [6, 6.07) is 0. The molecule has 0 aromatic carbocycles. The van der Waals surface area contributed by atoms with Crippen LogP contribution in [0.2, 0.25) is 0 Å². The van der Waals surface area contributed by atoms with Gasteiger partial charge in [0.25, 0.3) is 0 Å². The Morgan fingerprint density at radius 3 is 1.68 bits per heavy atom. The third-order valence-electron chi connectivity index (χ3n) is 2.74. The molecule has 22 heavy (non-hydrogen) atoms. The van der Waals surface area contributed by atoms with Crippen molar-refractivity contribution in [3.63, 3.8) is 0 Å². The van der Waals surface area contributed by atoms with Crippen LogP contribution < -0.4 is 0 Å². The smallest absolute Gasteiger partial charge is 0.359 e. The van der Waals surface area contributed by atoms with Crippen LogP contribution in [-0.2, 0) is 23.7 Å². The first-order valence-corrected chi connectivity index (χ1v) is 8.91. The molecular formula is C14H29INO6+. The van der Waals surface area contributed by atoms with Gasteiger partial charge < -0.3 is 28.5 Å². The summed E-state index contributed by atoms with van der Waals surface area (Å²) in [4.78, 5) is 10.7. The highest BCUT2D eigenvalue weighted by atomic mass is 127. The Morgan fingerprint density at radius 2 is 1.27 bits per heavy atom. The maximum Gasteiger partial charge on any atom is 0.359 e. The minimum absolute atomic E-state index is 0.0960. The van der Waals surface area contributed by atoms with Crippen LogP contribution in [0.5, 0.6) is 0 Å². The average molecular weight is 434 g/mol. The topological polar surface area (TPSA) is 74.2 Å². The van der Waals surface area contributed by atoms with E-state index in [2.05, 4.69) is 22.6 Å². The van der Waals surface area contributed by atoms with Gasteiger partial charge in [-0.3, -0.25) is 0 Å². The molecule has 8 heteroatoms. The van der Waals surface area contributed by atoms with Crippen LogP contribution >= 0.6 is 22.6 Å². The molecule has 0 amide bonds. The first-order valence-electron chi connectivity index (χ1n) is 7.38. The number of alkyl halides is 1. The fourth-order valence-electron chi connectivity index (χ4n) is 1.57. The van der Waals surface area contributed by atoms with Gasteiger partial charge in [-0.1, -0.05) is 22.6 Å². The molecule has 0 aliphatic heterocycles. The predicted molar refractivity (Wildman–Crippen MR) is 91.6 cm³/mol. The van der Waals surface area contributed by atoms with Crippen LogP contribution in [0.15, 0.2) is 0 Å². The molecule has 0 aromatic heterocycles. The van der Waals surface area contributed by atoms with E-state index < -0.39 is 5.97 Å². The van der Waals surface area contributed by atoms with Crippen molar-refractivity contribution in [2.24, 2.45) is 0 Å². The van der Waals surface area contributed by atoms with E-state index in [-0.39, 0.29) is 6.54 Å². The monoisotopic (exact) mass is 434 g/mol. The molecule has 132 valence electrons. The number of carbonyl (C=O) groups is 1. The number of ether oxygens (including phenoxy) is 4. The molecule has 0 unspecified atom stereocenters. The van der Waals surface area contributed by atoms with Gasteiger partial charge in [-0.2, -0.15) is 0 Å². The third kappa shape index (κ3) is 16.4. The molecule has 0 fully saturated rings. The summed E-state index contributed by atoms with van der Waals surface area (Å²) >= 11 is 2.26. The molecule has 0 heterocycles. The molecular weight excluding hydrogens is 405 g/mol. The van der Waals surface area contributed by atoms with Crippen molar-refractivity contribution >= 4 is 28.6 Å². The van der Waals surface area contributed by atoms with E-state index in [1.165, 1.54) is 0 Å². The highest BCUT2D eigenvalue weighted by molar-refractivity contribution is 14.1. The number of carboxylic acid groups (broad SMARTS) is 1. The normalized spacial score (nSPS) is 11.8. The Morgan fingerprint density at radius 1 is 0.864 bits per heavy atom. The zero-order valence-corrected chi connectivity index (χ0v) is 15.7. The van der Waals surface area contributed by atoms with E-state index >= 15 is 0 Å². The quantitative estimate of drug-likeness (QED) is 0.167. The van der Waals surface area contributed by atoms with Crippen LogP contribution in [-0.4, -0.2) is 100 Å². The number of hydrogen-bond donors (Lipinski definition) is 1. The lowest BCUT2D eigenvalue weighted by Gasteiger charge is -2.27. The molecule has 0 bridgehead atoms. The summed E-state index contributed by atoms with van der Waals surface area (Å²) in [6.45, 7) is 5.36. The average Bonchev–Trinajstić information content (AvgIpc) is 2.42. The first kappa shape index (κ1) is 22.0. The SMILES string of the molecule is C[N+](C)(CCOCCOCCOCCOCCI)CC(=O)O. The van der Waals surface area contributed by atoms with Crippen molar-refractivity contribution in [3.05, 3.63) is 0 Å². The molecule has 0 aliphatic rings. The largest absolute Gasteiger partial charge is 0.477 e. The highest BCUT2D eigenvalue weighted by Gasteiger charge is 2.18. The lowest BCUT2D eigenvalue weighted by molar-refractivity contribution is -0.883. The van der Waals surface area contributed by atoms with Crippen LogP contribution in [0, 0.1) is 0 Å². The number of halogens is 1. The number of nitrogens with zero attached hydrogens (tertiary/aromatic N) is 1. The van der Waals surface area contributed by atoms with Gasteiger partial charge in [0.2, 0.25) is 0 Å². The van der Waals surface area contributed by atoms with Gasteiger partial charge >= 0.3 is 5.97 Å². The standard InChI is InChI=1S/C14H28INO6/c1-16(2,13-14(17)18)4-6-20-8-10-22-12-11-21-9-7-19-5-3-15/h3-13H2,1-2H3/p+1. The van der Waals surface area contributed by atoms with Crippen LogP contribution in [0.25, 0.3) is 0 Å². The molecule has 0 saturated heterocycles. The van der Waals surface area contributed by atoms with E-state index in [1.54, 1.807) is 0 Å². The van der Waals surface area contributed by atoms with Gasteiger partial charge in [-0.05, 0) is 0 Å². The molecule has 0 aliphatic carbocycles. The molecule has 0 atom stereocenters. The van der Waals surface area contributed by atoms with Crippen molar-refractivity contribution in [2.75, 3.05) is 84.5 Å². The molecule has 1 N–H and O–H groups in total. The second kappa shape index (κ2) is 14.6. The number of rotatable bonds is 16. The summed E-state index contributed by atoms with van der Waals surface area (Å²) in [7, 11) is 3.74. The Labute approximate surface area is 146 Å². The second-order valence-electron chi connectivity index (χ2n) is 5.35. The van der Waals surface area contributed by atoms with Gasteiger partial charge in [0, 0.05) is 4.43 Å². The van der Waals surface area contributed by atoms with Crippen molar-refractivity contribution in [1.82, 2.24) is 0 Å². The summed E-state index contributed by atoms with van der Waals surface area (Å²) in [5.41, 5.74) is 0. The lowest BCUT2D eigenvalue weighted by Crippen LogP contribution is -2.46. The van der Waals surface area contributed by atoms with Gasteiger partial charge in [-0.15, -0.1) is 0 Å². The summed E-state index contributed by atoms with van der Waals surface area (Å²) in [6.07, 6.45) is 0. The third-order valence-corrected chi connectivity index (χ3v) is 3.18. The molecule has 7 nitrogen and oxygen atoms in total. The fraction of sp³-hybridized carbons (Fsp3) is 0.929. The zero-order chi connectivity index (χ0) is 16.7. The van der Waals surface area contributed by atoms with Crippen molar-refractivity contribution < 1.29 is 33.3 Å². The maximum atomic E-state index is 10.7. The van der Waals surface area contributed by atoms with Gasteiger partial charge in [0.15, 0.2) is 6.54 Å². The summed E-state index contributed by atoms with van der Waals surface area (Å²) in [5, 5.41) is 8.76.